The van der Waals surface area contributed by atoms with Gasteiger partial charge in [0.2, 0.25) is 0 Å². The van der Waals surface area contributed by atoms with Crippen molar-refractivity contribution in [2.75, 3.05) is 6.66 Å². The van der Waals surface area contributed by atoms with Crippen molar-refractivity contribution < 1.29 is 9.26 Å². The molecule has 3 heterocycles. The summed E-state index contributed by atoms with van der Waals surface area (Å²) in [5.74, 6) is 0.778. The zero-order valence-electron chi connectivity index (χ0n) is 18.7. The molecule has 0 amide bonds. The van der Waals surface area contributed by atoms with E-state index in [4.69, 9.17) is 9.26 Å². The summed E-state index contributed by atoms with van der Waals surface area (Å²) in [6, 6.07) is 0.780. The number of aromatic nitrogens is 4. The van der Waals surface area contributed by atoms with Crippen molar-refractivity contribution in [2.45, 2.75) is 92.8 Å². The third-order valence-corrected chi connectivity index (χ3v) is 7.71. The first-order valence-electron chi connectivity index (χ1n) is 10.4. The molecule has 5 atom stereocenters. The predicted octanol–water partition coefficient (Wildman–Crippen LogP) is 4.45. The number of aromatic amines is 1. The molecule has 2 aromatic rings. The maximum Gasteiger partial charge on any atom is 0.279 e. The van der Waals surface area contributed by atoms with Gasteiger partial charge < -0.3 is 14.2 Å². The zero-order chi connectivity index (χ0) is 21.5. The molecule has 0 aliphatic carbocycles. The molecule has 0 aromatic carbocycles. The molecule has 0 radical (unpaired) electrons. The van der Waals surface area contributed by atoms with Crippen LogP contribution in [0.3, 0.4) is 0 Å². The van der Waals surface area contributed by atoms with Crippen LogP contribution in [-0.4, -0.2) is 55.1 Å². The van der Waals surface area contributed by atoms with Gasteiger partial charge in [0.25, 0.3) is 5.56 Å². The first-order valence-corrected chi connectivity index (χ1v) is 12.1. The van der Waals surface area contributed by atoms with Crippen LogP contribution < -0.4 is 5.56 Å². The molecule has 1 N–H and O–H groups in total. The van der Waals surface area contributed by atoms with E-state index in [9.17, 15) is 4.79 Å². The summed E-state index contributed by atoms with van der Waals surface area (Å²) in [4.78, 5) is 23.8. The van der Waals surface area contributed by atoms with E-state index in [0.717, 1.165) is 6.42 Å². The van der Waals surface area contributed by atoms with Crippen molar-refractivity contribution >= 4 is 19.5 Å². The lowest BCUT2D eigenvalue weighted by atomic mass is 9.99. The van der Waals surface area contributed by atoms with Crippen LogP contribution in [0.2, 0.25) is 0 Å². The number of aryl methyl sites for hydroxylation is 1. The summed E-state index contributed by atoms with van der Waals surface area (Å²) in [6.07, 6.45) is 2.13. The van der Waals surface area contributed by atoms with E-state index in [2.05, 4.69) is 67.8 Å². The molecular weight excluding hydrogens is 401 g/mol. The number of fused-ring (bicyclic) bond motifs is 1. The number of rotatable bonds is 7. The number of imidazole rings is 1. The molecule has 2 aromatic heterocycles. The third-order valence-electron chi connectivity index (χ3n) is 5.58. The van der Waals surface area contributed by atoms with Gasteiger partial charge in [0.05, 0.1) is 12.4 Å². The molecule has 170 valence electrons. The van der Waals surface area contributed by atoms with Gasteiger partial charge in [-0.25, -0.2) is 9.97 Å². The zero-order valence-corrected chi connectivity index (χ0v) is 19.6. The third kappa shape index (κ3) is 4.62. The standard InChI is InChI=1S/C20H34N5O3P.CH4/c1-9-15-13(6)17(28-29(8)25(11(2)3)12(4)5)20(27-15)24-10-21-16-18(24)22-14(7)23-19(16)26;/h10-13,15,17,20H,9H2,1-8H3,(H,22,23,26);1H4/t13?,15-,17+,20-,29?;/m1./s1. The van der Waals surface area contributed by atoms with Crippen molar-refractivity contribution in [3.63, 3.8) is 0 Å². The van der Waals surface area contributed by atoms with E-state index in [1.54, 1.807) is 13.3 Å². The van der Waals surface area contributed by atoms with Crippen LogP contribution in [0, 0.1) is 12.8 Å². The second-order valence-corrected chi connectivity index (χ2v) is 10.0. The Morgan fingerprint density at radius 1 is 1.33 bits per heavy atom. The van der Waals surface area contributed by atoms with Gasteiger partial charge in [0, 0.05) is 18.0 Å². The van der Waals surface area contributed by atoms with Gasteiger partial charge in [-0.1, -0.05) is 21.3 Å². The maximum absolute atomic E-state index is 12.3. The molecule has 1 aliphatic heterocycles. The van der Waals surface area contributed by atoms with Gasteiger partial charge in [-0.15, -0.1) is 0 Å². The van der Waals surface area contributed by atoms with Crippen LogP contribution in [0.15, 0.2) is 11.1 Å². The maximum atomic E-state index is 12.3. The van der Waals surface area contributed by atoms with E-state index in [1.807, 2.05) is 4.57 Å². The normalized spacial score (nSPS) is 25.4. The molecule has 0 saturated carbocycles. The number of nitrogens with one attached hydrogen (secondary N) is 1. The minimum Gasteiger partial charge on any atom is -0.352 e. The number of nitrogens with zero attached hydrogens (tertiary/aromatic N) is 4. The fourth-order valence-corrected chi connectivity index (χ4v) is 6.45. The fourth-order valence-electron chi connectivity index (χ4n) is 4.39. The minimum atomic E-state index is -0.811. The molecule has 30 heavy (non-hydrogen) atoms. The number of hydrogen-bond donors (Lipinski definition) is 1. The molecule has 9 heteroatoms. The summed E-state index contributed by atoms with van der Waals surface area (Å²) >= 11 is 0. The fraction of sp³-hybridized carbons (Fsp3) is 0.762. The monoisotopic (exact) mass is 439 g/mol. The van der Waals surface area contributed by atoms with Crippen LogP contribution in [0.4, 0.5) is 0 Å². The summed E-state index contributed by atoms with van der Waals surface area (Å²) in [5, 5.41) is 0. The number of ether oxygens (including phenoxy) is 1. The highest BCUT2D eigenvalue weighted by Gasteiger charge is 2.45. The van der Waals surface area contributed by atoms with Gasteiger partial charge in [0.1, 0.15) is 20.2 Å². The minimum absolute atomic E-state index is 0. The Morgan fingerprint density at radius 3 is 2.53 bits per heavy atom. The Morgan fingerprint density at radius 2 is 1.97 bits per heavy atom. The largest absolute Gasteiger partial charge is 0.352 e. The van der Waals surface area contributed by atoms with Crippen molar-refractivity contribution in [3.05, 3.63) is 22.5 Å². The van der Waals surface area contributed by atoms with Gasteiger partial charge in [-0.2, -0.15) is 0 Å². The second kappa shape index (κ2) is 9.86. The van der Waals surface area contributed by atoms with Gasteiger partial charge in [-0.3, -0.25) is 14.0 Å². The number of hydrogen-bond acceptors (Lipinski definition) is 6. The van der Waals surface area contributed by atoms with E-state index >= 15 is 0 Å². The van der Waals surface area contributed by atoms with Crippen LogP contribution in [-0.2, 0) is 9.26 Å². The topological polar surface area (TPSA) is 85.3 Å². The second-order valence-electron chi connectivity index (χ2n) is 8.41. The lowest BCUT2D eigenvalue weighted by molar-refractivity contribution is -0.0287. The summed E-state index contributed by atoms with van der Waals surface area (Å²) in [6.45, 7) is 17.0. The van der Waals surface area contributed by atoms with Gasteiger partial charge in [-0.05, 0) is 47.7 Å². The molecule has 2 unspecified atom stereocenters. The molecule has 8 nitrogen and oxygen atoms in total. The molecule has 1 saturated heterocycles. The van der Waals surface area contributed by atoms with E-state index in [-0.39, 0.29) is 37.3 Å². The Balaban J connectivity index is 0.00000320. The van der Waals surface area contributed by atoms with Crippen LogP contribution >= 0.6 is 8.30 Å². The smallest absolute Gasteiger partial charge is 0.279 e. The van der Waals surface area contributed by atoms with Crippen LogP contribution in [0.25, 0.3) is 11.2 Å². The number of H-pyrrole nitrogens is 1. The van der Waals surface area contributed by atoms with Crippen molar-refractivity contribution in [1.82, 2.24) is 24.2 Å². The summed E-state index contributed by atoms with van der Waals surface area (Å²) in [7, 11) is -0.811. The first-order chi connectivity index (χ1) is 13.6. The summed E-state index contributed by atoms with van der Waals surface area (Å²) in [5.41, 5.74) is 0.638. The first kappa shape index (κ1) is 24.9. The van der Waals surface area contributed by atoms with Gasteiger partial charge >= 0.3 is 0 Å². The van der Waals surface area contributed by atoms with Gasteiger partial charge in [0.15, 0.2) is 17.4 Å². The highest BCUT2D eigenvalue weighted by atomic mass is 31.2. The lowest BCUT2D eigenvalue weighted by Crippen LogP contribution is -2.35. The average molecular weight is 440 g/mol. The summed E-state index contributed by atoms with van der Waals surface area (Å²) < 4.78 is 17.4. The Kier molecular flexibility index (Phi) is 8.19. The van der Waals surface area contributed by atoms with Crippen molar-refractivity contribution in [1.29, 1.82) is 0 Å². The lowest BCUT2D eigenvalue weighted by Gasteiger charge is -2.37. The van der Waals surface area contributed by atoms with Crippen LogP contribution in [0.5, 0.6) is 0 Å². The quantitative estimate of drug-likeness (QED) is 0.642. The molecule has 3 rings (SSSR count). The van der Waals surface area contributed by atoms with Crippen molar-refractivity contribution in [3.8, 4) is 0 Å². The van der Waals surface area contributed by atoms with E-state index in [0.29, 0.717) is 29.1 Å². The molecule has 0 spiro atoms. The average Bonchev–Trinajstić information content (AvgIpc) is 3.16. The van der Waals surface area contributed by atoms with Crippen molar-refractivity contribution in [2.24, 2.45) is 5.92 Å². The molecule has 0 bridgehead atoms. The predicted molar refractivity (Wildman–Crippen MR) is 123 cm³/mol. The molecular formula is C21H38N5O3P. The molecule has 1 aliphatic rings. The van der Waals surface area contributed by atoms with E-state index < -0.39 is 8.30 Å². The Labute approximate surface area is 181 Å². The van der Waals surface area contributed by atoms with Crippen LogP contribution in [0.1, 0.15) is 67.4 Å². The highest BCUT2D eigenvalue weighted by molar-refractivity contribution is 7.49. The SMILES string of the molecule is C.CC[C@H]1O[C@@H](n2cnc3c(=O)[nH]c(C)nc32)[C@@H](OP(C)N(C(C)C)C(C)C)C1C. The Bertz CT molecular complexity index is 888. The highest BCUT2D eigenvalue weighted by Crippen LogP contribution is 2.49. The van der Waals surface area contributed by atoms with E-state index in [1.165, 1.54) is 0 Å². The Hall–Kier alpha value is -1.34. The molecule has 1 fully saturated rings.